The molecule has 3 heteroatoms. The Labute approximate surface area is 219 Å². The van der Waals surface area contributed by atoms with Crippen molar-refractivity contribution in [3.8, 4) is 22.8 Å². The monoisotopic (exact) mass is 485 g/mol. The predicted molar refractivity (Wildman–Crippen MR) is 158 cm³/mol. The van der Waals surface area contributed by atoms with E-state index in [1.807, 2.05) is 6.07 Å². The summed E-state index contributed by atoms with van der Waals surface area (Å²) < 4.78 is 4.64. The Morgan fingerprint density at radius 2 is 1.18 bits per heavy atom. The maximum Gasteiger partial charge on any atom is 0.138 e. The van der Waals surface area contributed by atoms with Crippen molar-refractivity contribution in [1.29, 1.82) is 0 Å². The molecule has 0 atom stereocenters. The fourth-order valence-corrected chi connectivity index (χ4v) is 5.84. The Morgan fingerprint density at radius 1 is 0.474 bits per heavy atom. The third kappa shape index (κ3) is 3.06. The van der Waals surface area contributed by atoms with Gasteiger partial charge in [-0.3, -0.25) is 4.57 Å². The SMILES string of the molecule is c1ccc(-c2cccc(-n3c4c5ccccc5ccc4c4ccc5c(ccn5-c5ccccc5)c43)n2)cc1. The topological polar surface area (TPSA) is 22.8 Å². The van der Waals surface area contributed by atoms with Crippen LogP contribution in [0.4, 0.5) is 0 Å². The third-order valence-corrected chi connectivity index (χ3v) is 7.55. The Hall–Kier alpha value is -5.15. The molecule has 5 aromatic carbocycles. The van der Waals surface area contributed by atoms with E-state index in [9.17, 15) is 0 Å². The van der Waals surface area contributed by atoms with Crippen LogP contribution in [0.25, 0.3) is 66.2 Å². The van der Waals surface area contributed by atoms with Gasteiger partial charge < -0.3 is 4.57 Å². The molecule has 0 bridgehead atoms. The lowest BCUT2D eigenvalue weighted by molar-refractivity contribution is 1.09. The van der Waals surface area contributed by atoms with Crippen molar-refractivity contribution in [3.63, 3.8) is 0 Å². The maximum atomic E-state index is 5.22. The highest BCUT2D eigenvalue weighted by atomic mass is 15.1. The van der Waals surface area contributed by atoms with Crippen LogP contribution in [-0.2, 0) is 0 Å². The number of benzene rings is 5. The first-order valence-electron chi connectivity index (χ1n) is 12.9. The van der Waals surface area contributed by atoms with Crippen molar-refractivity contribution in [3.05, 3.63) is 140 Å². The van der Waals surface area contributed by atoms with Gasteiger partial charge in [-0.1, -0.05) is 97.1 Å². The van der Waals surface area contributed by atoms with Crippen molar-refractivity contribution in [1.82, 2.24) is 14.1 Å². The molecule has 3 aromatic heterocycles. The lowest BCUT2D eigenvalue weighted by atomic mass is 10.1. The van der Waals surface area contributed by atoms with Crippen LogP contribution in [0.15, 0.2) is 140 Å². The van der Waals surface area contributed by atoms with Gasteiger partial charge in [-0.2, -0.15) is 0 Å². The lowest BCUT2D eigenvalue weighted by Gasteiger charge is -2.12. The molecule has 0 saturated heterocycles. The molecule has 3 nitrogen and oxygen atoms in total. The summed E-state index contributed by atoms with van der Waals surface area (Å²) in [5, 5.41) is 6.12. The van der Waals surface area contributed by atoms with Gasteiger partial charge in [0.1, 0.15) is 5.82 Å². The molecule has 8 rings (SSSR count). The van der Waals surface area contributed by atoms with Gasteiger partial charge in [-0.15, -0.1) is 0 Å². The smallest absolute Gasteiger partial charge is 0.138 e. The third-order valence-electron chi connectivity index (χ3n) is 7.55. The van der Waals surface area contributed by atoms with E-state index >= 15 is 0 Å². The Morgan fingerprint density at radius 3 is 2.03 bits per heavy atom. The minimum atomic E-state index is 0.919. The fraction of sp³-hybridized carbons (Fsp3) is 0. The van der Waals surface area contributed by atoms with E-state index in [2.05, 4.69) is 143 Å². The van der Waals surface area contributed by atoms with E-state index in [1.165, 1.54) is 43.5 Å². The summed E-state index contributed by atoms with van der Waals surface area (Å²) >= 11 is 0. The molecule has 38 heavy (non-hydrogen) atoms. The van der Waals surface area contributed by atoms with E-state index in [1.54, 1.807) is 0 Å². The Balaban J connectivity index is 1.52. The Kier molecular flexibility index (Phi) is 4.52. The number of hydrogen-bond donors (Lipinski definition) is 0. The van der Waals surface area contributed by atoms with Crippen molar-refractivity contribution in [2.45, 2.75) is 0 Å². The average Bonchev–Trinajstić information content (AvgIpc) is 3.58. The zero-order valence-electron chi connectivity index (χ0n) is 20.6. The van der Waals surface area contributed by atoms with Gasteiger partial charge in [0.05, 0.1) is 22.2 Å². The minimum absolute atomic E-state index is 0.919. The van der Waals surface area contributed by atoms with Crippen molar-refractivity contribution < 1.29 is 0 Å². The molecule has 0 saturated carbocycles. The summed E-state index contributed by atoms with van der Waals surface area (Å²) in [6.45, 7) is 0. The number of rotatable bonds is 3. The van der Waals surface area contributed by atoms with E-state index in [4.69, 9.17) is 4.98 Å². The van der Waals surface area contributed by atoms with Crippen molar-refractivity contribution in [2.24, 2.45) is 0 Å². The molecule has 0 N–H and O–H groups in total. The second-order valence-corrected chi connectivity index (χ2v) is 9.68. The minimum Gasteiger partial charge on any atom is -0.316 e. The van der Waals surface area contributed by atoms with Gasteiger partial charge in [0.25, 0.3) is 0 Å². The van der Waals surface area contributed by atoms with Gasteiger partial charge in [0, 0.05) is 39.0 Å². The molecular formula is C35H23N3. The maximum absolute atomic E-state index is 5.22. The Bertz CT molecular complexity index is 2120. The van der Waals surface area contributed by atoms with E-state index < -0.39 is 0 Å². The van der Waals surface area contributed by atoms with Gasteiger partial charge in [-0.05, 0) is 41.8 Å². The highest BCUT2D eigenvalue weighted by Crippen LogP contribution is 2.40. The van der Waals surface area contributed by atoms with Crippen LogP contribution in [0.3, 0.4) is 0 Å². The normalized spacial score (nSPS) is 11.7. The summed E-state index contributed by atoms with van der Waals surface area (Å²) in [7, 11) is 0. The molecule has 0 unspecified atom stereocenters. The molecular weight excluding hydrogens is 462 g/mol. The molecule has 0 amide bonds. The molecule has 0 spiro atoms. The predicted octanol–water partition coefficient (Wildman–Crippen LogP) is 8.94. The lowest BCUT2D eigenvalue weighted by Crippen LogP contribution is -1.99. The van der Waals surface area contributed by atoms with Crippen LogP contribution >= 0.6 is 0 Å². The van der Waals surface area contributed by atoms with Crippen LogP contribution < -0.4 is 0 Å². The van der Waals surface area contributed by atoms with Gasteiger partial charge in [0.15, 0.2) is 0 Å². The van der Waals surface area contributed by atoms with E-state index in [0.717, 1.165) is 22.8 Å². The van der Waals surface area contributed by atoms with Gasteiger partial charge >= 0.3 is 0 Å². The first kappa shape index (κ1) is 21.0. The molecule has 0 radical (unpaired) electrons. The molecule has 178 valence electrons. The average molecular weight is 486 g/mol. The first-order valence-corrected chi connectivity index (χ1v) is 12.9. The van der Waals surface area contributed by atoms with Crippen LogP contribution in [0.2, 0.25) is 0 Å². The highest BCUT2D eigenvalue weighted by Gasteiger charge is 2.19. The number of fused-ring (bicyclic) bond motifs is 7. The number of hydrogen-bond acceptors (Lipinski definition) is 1. The fourth-order valence-electron chi connectivity index (χ4n) is 5.84. The largest absolute Gasteiger partial charge is 0.316 e. The second-order valence-electron chi connectivity index (χ2n) is 9.68. The number of aromatic nitrogens is 3. The van der Waals surface area contributed by atoms with Gasteiger partial charge in [0.2, 0.25) is 0 Å². The standard InChI is InChI=1S/C35H23N3/c1-3-11-25(12-4-1)31-16-9-17-33(36-31)38-34-27-15-8-7-10-24(27)18-19-28(34)29-20-21-32-30(35(29)38)22-23-37(32)26-13-5-2-6-14-26/h1-23H. The molecule has 8 aromatic rings. The summed E-state index contributed by atoms with van der Waals surface area (Å²) in [5.41, 5.74) is 6.78. The van der Waals surface area contributed by atoms with Crippen molar-refractivity contribution >= 4 is 43.5 Å². The zero-order chi connectivity index (χ0) is 25.1. The van der Waals surface area contributed by atoms with Crippen LogP contribution in [0.5, 0.6) is 0 Å². The van der Waals surface area contributed by atoms with Crippen LogP contribution in [0.1, 0.15) is 0 Å². The molecule has 0 aliphatic heterocycles. The summed E-state index contributed by atoms with van der Waals surface area (Å²) in [6.07, 6.45) is 2.17. The van der Waals surface area contributed by atoms with Crippen LogP contribution in [-0.4, -0.2) is 14.1 Å². The van der Waals surface area contributed by atoms with Gasteiger partial charge in [-0.25, -0.2) is 4.98 Å². The van der Waals surface area contributed by atoms with E-state index in [0.29, 0.717) is 0 Å². The van der Waals surface area contributed by atoms with Crippen molar-refractivity contribution in [2.75, 3.05) is 0 Å². The molecule has 3 heterocycles. The first-order chi connectivity index (χ1) is 18.9. The highest BCUT2D eigenvalue weighted by molar-refractivity contribution is 6.23. The van der Waals surface area contributed by atoms with E-state index in [-0.39, 0.29) is 0 Å². The summed E-state index contributed by atoms with van der Waals surface area (Å²) in [4.78, 5) is 5.22. The second kappa shape index (κ2) is 8.19. The summed E-state index contributed by atoms with van der Waals surface area (Å²) in [6, 6.07) is 47.1. The zero-order valence-corrected chi connectivity index (χ0v) is 20.6. The summed E-state index contributed by atoms with van der Waals surface area (Å²) in [5.74, 6) is 0.919. The number of para-hydroxylation sites is 1. The number of pyridine rings is 1. The van der Waals surface area contributed by atoms with Crippen LogP contribution in [0, 0.1) is 0 Å². The molecule has 0 aliphatic carbocycles. The number of nitrogens with zero attached hydrogens (tertiary/aromatic N) is 3. The molecule has 0 fully saturated rings. The molecule has 0 aliphatic rings. The quantitative estimate of drug-likeness (QED) is 0.245.